The highest BCUT2D eigenvalue weighted by Gasteiger charge is 2.17. The monoisotopic (exact) mass is 428 g/mol. The Bertz CT molecular complexity index is 983. The lowest BCUT2D eigenvalue weighted by atomic mass is 10.1. The van der Waals surface area contributed by atoms with Crippen molar-refractivity contribution >= 4 is 29.6 Å². The Morgan fingerprint density at radius 1 is 1.27 bits per heavy atom. The van der Waals surface area contributed by atoms with Gasteiger partial charge in [0.15, 0.2) is 18.1 Å². The second-order valence-corrected chi connectivity index (χ2v) is 6.63. The number of carboxylic acid groups (broad SMARTS) is 1. The van der Waals surface area contributed by atoms with Crippen molar-refractivity contribution in [3.63, 3.8) is 0 Å². The molecule has 2 aromatic carbocycles. The SMILES string of the molecule is CCOc1cc(/C=C(/C#N)C(=O)N[C@@H](C)c2ccccc2)cc(Cl)c1OCC(=O)O. The van der Waals surface area contributed by atoms with Crippen LogP contribution < -0.4 is 14.8 Å². The van der Waals surface area contributed by atoms with E-state index in [2.05, 4.69) is 5.32 Å². The zero-order chi connectivity index (χ0) is 22.1. The van der Waals surface area contributed by atoms with E-state index in [4.69, 9.17) is 26.2 Å². The summed E-state index contributed by atoms with van der Waals surface area (Å²) in [5, 5.41) is 21.1. The number of nitrogens with zero attached hydrogens (tertiary/aromatic N) is 1. The number of ether oxygens (including phenoxy) is 2. The van der Waals surface area contributed by atoms with Crippen molar-refractivity contribution < 1.29 is 24.2 Å². The van der Waals surface area contributed by atoms with Gasteiger partial charge in [-0.25, -0.2) is 4.79 Å². The Morgan fingerprint density at radius 2 is 1.97 bits per heavy atom. The maximum absolute atomic E-state index is 12.5. The van der Waals surface area contributed by atoms with Crippen molar-refractivity contribution in [2.45, 2.75) is 19.9 Å². The van der Waals surface area contributed by atoms with E-state index in [9.17, 15) is 14.9 Å². The molecule has 0 bridgehead atoms. The summed E-state index contributed by atoms with van der Waals surface area (Å²) in [6.07, 6.45) is 1.38. The minimum atomic E-state index is -1.16. The number of hydrogen-bond acceptors (Lipinski definition) is 5. The summed E-state index contributed by atoms with van der Waals surface area (Å²) >= 11 is 6.21. The molecular weight excluding hydrogens is 408 g/mol. The molecule has 1 atom stereocenters. The molecular formula is C22H21ClN2O5. The second-order valence-electron chi connectivity index (χ2n) is 6.22. The molecule has 1 amide bonds. The van der Waals surface area contributed by atoms with Crippen LogP contribution in [0.25, 0.3) is 6.08 Å². The van der Waals surface area contributed by atoms with Crippen LogP contribution in [-0.2, 0) is 9.59 Å². The minimum Gasteiger partial charge on any atom is -0.490 e. The number of hydrogen-bond donors (Lipinski definition) is 2. The number of aliphatic carboxylic acids is 1. The number of amides is 1. The van der Waals surface area contributed by atoms with E-state index in [0.29, 0.717) is 5.56 Å². The van der Waals surface area contributed by atoms with Crippen molar-refractivity contribution in [2.24, 2.45) is 0 Å². The maximum atomic E-state index is 12.5. The fourth-order valence-corrected chi connectivity index (χ4v) is 2.90. The molecule has 0 heterocycles. The fourth-order valence-electron chi connectivity index (χ4n) is 2.62. The predicted molar refractivity (Wildman–Crippen MR) is 112 cm³/mol. The summed E-state index contributed by atoms with van der Waals surface area (Å²) in [6.45, 7) is 3.27. The third-order valence-corrected chi connectivity index (χ3v) is 4.28. The quantitative estimate of drug-likeness (QED) is 0.461. The number of carboxylic acids is 1. The summed E-state index contributed by atoms with van der Waals surface area (Å²) in [6, 6.07) is 14.0. The van der Waals surface area contributed by atoms with Crippen LogP contribution in [0.4, 0.5) is 0 Å². The molecule has 0 aromatic heterocycles. The summed E-state index contributed by atoms with van der Waals surface area (Å²) < 4.78 is 10.7. The standard InChI is InChI=1S/C22H21ClN2O5/c1-3-29-19-11-15(10-18(23)21(19)30-13-20(26)27)9-17(12-24)22(28)25-14(2)16-7-5-4-6-8-16/h4-11,14H,3,13H2,1-2H3,(H,25,28)(H,26,27)/b17-9-/t14-/m0/s1. The first-order valence-corrected chi connectivity index (χ1v) is 9.52. The van der Waals surface area contributed by atoms with E-state index < -0.39 is 18.5 Å². The van der Waals surface area contributed by atoms with Gasteiger partial charge in [-0.05, 0) is 43.2 Å². The molecule has 0 unspecified atom stereocenters. The molecule has 2 N–H and O–H groups in total. The second kappa shape index (κ2) is 10.9. The molecule has 2 aromatic rings. The topological polar surface area (TPSA) is 109 Å². The molecule has 0 aliphatic heterocycles. The van der Waals surface area contributed by atoms with E-state index in [1.54, 1.807) is 6.92 Å². The van der Waals surface area contributed by atoms with Crippen molar-refractivity contribution in [3.8, 4) is 17.6 Å². The van der Waals surface area contributed by atoms with Gasteiger partial charge < -0.3 is 19.9 Å². The highest BCUT2D eigenvalue weighted by atomic mass is 35.5. The lowest BCUT2D eigenvalue weighted by Gasteiger charge is -2.15. The average molecular weight is 429 g/mol. The van der Waals surface area contributed by atoms with Crippen LogP contribution in [0.2, 0.25) is 5.02 Å². The Labute approximate surface area is 179 Å². The van der Waals surface area contributed by atoms with Crippen LogP contribution in [0, 0.1) is 11.3 Å². The zero-order valence-corrected chi connectivity index (χ0v) is 17.3. The van der Waals surface area contributed by atoms with Crippen molar-refractivity contribution in [3.05, 3.63) is 64.2 Å². The van der Waals surface area contributed by atoms with Crippen LogP contribution in [0.15, 0.2) is 48.0 Å². The molecule has 8 heteroatoms. The molecule has 0 saturated heterocycles. The largest absolute Gasteiger partial charge is 0.490 e. The summed E-state index contributed by atoms with van der Waals surface area (Å²) in [4.78, 5) is 23.3. The highest BCUT2D eigenvalue weighted by Crippen LogP contribution is 2.37. The van der Waals surface area contributed by atoms with Gasteiger partial charge in [0.05, 0.1) is 17.7 Å². The third kappa shape index (κ3) is 6.26. The number of nitrogens with one attached hydrogen (secondary N) is 1. The first-order chi connectivity index (χ1) is 14.3. The van der Waals surface area contributed by atoms with Gasteiger partial charge in [0.25, 0.3) is 5.91 Å². The molecule has 7 nitrogen and oxygen atoms in total. The van der Waals surface area contributed by atoms with Gasteiger partial charge in [-0.2, -0.15) is 5.26 Å². The Kier molecular flexibility index (Phi) is 8.27. The van der Waals surface area contributed by atoms with Gasteiger partial charge in [0.1, 0.15) is 11.6 Å². The minimum absolute atomic E-state index is 0.0822. The summed E-state index contributed by atoms with van der Waals surface area (Å²) in [5.41, 5.74) is 1.23. The van der Waals surface area contributed by atoms with Crippen molar-refractivity contribution in [1.29, 1.82) is 5.26 Å². The van der Waals surface area contributed by atoms with E-state index >= 15 is 0 Å². The molecule has 0 aliphatic carbocycles. The lowest BCUT2D eigenvalue weighted by Crippen LogP contribution is -2.27. The van der Waals surface area contributed by atoms with Gasteiger partial charge >= 0.3 is 5.97 Å². The Hall–Kier alpha value is -3.50. The van der Waals surface area contributed by atoms with Crippen LogP contribution in [0.1, 0.15) is 31.0 Å². The number of nitriles is 1. The zero-order valence-electron chi connectivity index (χ0n) is 16.5. The molecule has 0 aliphatic rings. The van der Waals surface area contributed by atoms with E-state index in [1.807, 2.05) is 43.3 Å². The van der Waals surface area contributed by atoms with Crippen LogP contribution in [0.5, 0.6) is 11.5 Å². The molecule has 0 saturated carbocycles. The molecule has 2 rings (SSSR count). The van der Waals surface area contributed by atoms with E-state index in [-0.39, 0.29) is 34.7 Å². The number of benzene rings is 2. The van der Waals surface area contributed by atoms with Crippen LogP contribution in [0.3, 0.4) is 0 Å². The van der Waals surface area contributed by atoms with E-state index in [1.165, 1.54) is 18.2 Å². The van der Waals surface area contributed by atoms with E-state index in [0.717, 1.165) is 5.56 Å². The maximum Gasteiger partial charge on any atom is 0.341 e. The van der Waals surface area contributed by atoms with Gasteiger partial charge in [0, 0.05) is 0 Å². The number of carbonyl (C=O) groups excluding carboxylic acids is 1. The number of carbonyl (C=O) groups is 2. The summed E-state index contributed by atoms with van der Waals surface area (Å²) in [7, 11) is 0. The summed E-state index contributed by atoms with van der Waals surface area (Å²) in [5.74, 6) is -1.39. The van der Waals surface area contributed by atoms with Crippen molar-refractivity contribution in [1.82, 2.24) is 5.32 Å². The van der Waals surface area contributed by atoms with Crippen molar-refractivity contribution in [2.75, 3.05) is 13.2 Å². The molecule has 0 fully saturated rings. The lowest BCUT2D eigenvalue weighted by molar-refractivity contribution is -0.139. The molecule has 0 spiro atoms. The molecule has 156 valence electrons. The Morgan fingerprint density at radius 3 is 2.57 bits per heavy atom. The predicted octanol–water partition coefficient (Wildman–Crippen LogP) is 3.99. The average Bonchev–Trinajstić information content (AvgIpc) is 2.72. The van der Waals surface area contributed by atoms with Gasteiger partial charge in [-0.15, -0.1) is 0 Å². The normalized spacial score (nSPS) is 11.9. The highest BCUT2D eigenvalue weighted by molar-refractivity contribution is 6.32. The van der Waals surface area contributed by atoms with Gasteiger partial charge in [0.2, 0.25) is 0 Å². The molecule has 30 heavy (non-hydrogen) atoms. The smallest absolute Gasteiger partial charge is 0.341 e. The van der Waals surface area contributed by atoms with Gasteiger partial charge in [-0.3, -0.25) is 4.79 Å². The number of halogens is 1. The first kappa shape index (κ1) is 22.8. The third-order valence-electron chi connectivity index (χ3n) is 3.99. The van der Waals surface area contributed by atoms with Crippen LogP contribution in [-0.4, -0.2) is 30.2 Å². The molecule has 0 radical (unpaired) electrons. The first-order valence-electron chi connectivity index (χ1n) is 9.14. The number of rotatable bonds is 9. The fraction of sp³-hybridized carbons (Fsp3) is 0.227. The van der Waals surface area contributed by atoms with Gasteiger partial charge in [-0.1, -0.05) is 41.9 Å². The van der Waals surface area contributed by atoms with Crippen LogP contribution >= 0.6 is 11.6 Å². The Balaban J connectivity index is 2.28.